The first kappa shape index (κ1) is 41.8. The summed E-state index contributed by atoms with van der Waals surface area (Å²) in [4.78, 5) is 94.7. The largest absolute Gasteiger partial charge is 0.355 e. The predicted octanol–water partition coefficient (Wildman–Crippen LogP) is -2.37. The number of nitrogens with two attached hydrogens (primary N) is 2. The van der Waals surface area contributed by atoms with Gasteiger partial charge in [-0.25, -0.2) is 0 Å². The molecule has 0 aliphatic heterocycles. The smallest absolute Gasteiger partial charge is 0.248 e. The maximum absolute atomic E-state index is 12.5. The van der Waals surface area contributed by atoms with Gasteiger partial charge in [-0.3, -0.25) is 49.0 Å². The standard InChI is InChI=1S/C27H48N8O8S2/c1-44-14-18(28)24(40)30-12-5-3-8-20(26(42)32-16-36)34-22(38)10-7-11-23(39)35-21(27(43)33-17-37)9-4-6-13-31-25(41)19(29)15-45-2/h16-21H,3-15,28-29H2,1-2H3,(H,30,40)(H,31,41)(H,34,38)(H,35,39)(H,32,36,42)(H,33,37,43). The molecule has 0 heterocycles. The Morgan fingerprint density at radius 2 is 0.978 bits per heavy atom. The highest BCUT2D eigenvalue weighted by Crippen LogP contribution is 2.06. The third kappa shape index (κ3) is 20.4. The molecular weight excluding hydrogens is 628 g/mol. The van der Waals surface area contributed by atoms with Crippen LogP contribution >= 0.6 is 23.5 Å². The molecule has 0 saturated heterocycles. The Hall–Kier alpha value is -3.22. The molecule has 45 heavy (non-hydrogen) atoms. The van der Waals surface area contributed by atoms with Crippen LogP contribution in [0.5, 0.6) is 0 Å². The first-order valence-corrected chi connectivity index (χ1v) is 17.4. The number of carbonyl (C=O) groups excluding carboxylic acids is 8. The van der Waals surface area contributed by atoms with Crippen molar-refractivity contribution < 1.29 is 38.4 Å². The molecule has 18 heteroatoms. The van der Waals surface area contributed by atoms with Crippen molar-refractivity contribution >= 4 is 71.8 Å². The summed E-state index contributed by atoms with van der Waals surface area (Å²) in [6, 6.07) is -3.22. The SMILES string of the molecule is CSCC(N)C(=O)NCCCCC(NC(=O)CCCC(=O)NC(CCCCNC(=O)C(N)CSC)C(=O)NC=O)C(=O)NC=O. The van der Waals surface area contributed by atoms with E-state index < -0.39 is 47.8 Å². The van der Waals surface area contributed by atoms with Gasteiger partial charge in [0.05, 0.1) is 12.1 Å². The molecule has 0 spiro atoms. The van der Waals surface area contributed by atoms with Gasteiger partial charge in [-0.05, 0) is 57.5 Å². The monoisotopic (exact) mass is 676 g/mol. The maximum atomic E-state index is 12.5. The molecule has 256 valence electrons. The van der Waals surface area contributed by atoms with Crippen molar-refractivity contribution in [3.63, 3.8) is 0 Å². The fraction of sp³-hybridized carbons (Fsp3) is 0.704. The Labute approximate surface area is 272 Å². The first-order valence-electron chi connectivity index (χ1n) is 14.6. The van der Waals surface area contributed by atoms with E-state index >= 15 is 0 Å². The van der Waals surface area contributed by atoms with Gasteiger partial charge in [-0.15, -0.1) is 0 Å². The number of hydrogen-bond acceptors (Lipinski definition) is 12. The van der Waals surface area contributed by atoms with E-state index in [1.54, 1.807) is 0 Å². The lowest BCUT2D eigenvalue weighted by molar-refractivity contribution is -0.132. The van der Waals surface area contributed by atoms with Crippen LogP contribution in [0.3, 0.4) is 0 Å². The number of imide groups is 2. The summed E-state index contributed by atoms with van der Waals surface area (Å²) < 4.78 is 0. The van der Waals surface area contributed by atoms with E-state index in [1.807, 2.05) is 23.1 Å². The van der Waals surface area contributed by atoms with Crippen molar-refractivity contribution in [1.29, 1.82) is 0 Å². The lowest BCUT2D eigenvalue weighted by Gasteiger charge is -2.18. The molecule has 4 unspecified atom stereocenters. The summed E-state index contributed by atoms with van der Waals surface area (Å²) in [5, 5.41) is 14.6. The fourth-order valence-electron chi connectivity index (χ4n) is 3.94. The van der Waals surface area contributed by atoms with Gasteiger partial charge in [0.15, 0.2) is 0 Å². The average molecular weight is 677 g/mol. The van der Waals surface area contributed by atoms with Gasteiger partial charge >= 0.3 is 0 Å². The molecule has 0 radical (unpaired) electrons. The van der Waals surface area contributed by atoms with E-state index in [2.05, 4.69) is 21.3 Å². The van der Waals surface area contributed by atoms with Crippen LogP contribution < -0.4 is 43.4 Å². The van der Waals surface area contributed by atoms with Crippen LogP contribution in [0.2, 0.25) is 0 Å². The zero-order chi connectivity index (χ0) is 34.0. The molecular formula is C27H48N8O8S2. The van der Waals surface area contributed by atoms with Crippen molar-refractivity contribution in [2.45, 2.75) is 82.0 Å². The molecule has 4 atom stereocenters. The molecule has 0 rings (SSSR count). The lowest BCUT2D eigenvalue weighted by Crippen LogP contribution is -2.47. The molecule has 0 aromatic heterocycles. The predicted molar refractivity (Wildman–Crippen MR) is 173 cm³/mol. The Balaban J connectivity index is 4.66. The molecule has 0 aromatic rings. The fourth-order valence-corrected chi connectivity index (χ4v) is 4.96. The molecule has 10 N–H and O–H groups in total. The molecule has 0 aromatic carbocycles. The number of hydrogen-bond donors (Lipinski definition) is 8. The number of carbonyl (C=O) groups is 8. The minimum atomic E-state index is -0.992. The normalized spacial score (nSPS) is 13.2. The van der Waals surface area contributed by atoms with E-state index in [9.17, 15) is 38.4 Å². The van der Waals surface area contributed by atoms with Crippen LogP contribution in [0.1, 0.15) is 57.8 Å². The third-order valence-electron chi connectivity index (χ3n) is 6.32. The van der Waals surface area contributed by atoms with Gasteiger partial charge in [-0.1, -0.05) is 0 Å². The second kappa shape index (κ2) is 26.0. The van der Waals surface area contributed by atoms with E-state index in [1.165, 1.54) is 23.5 Å². The van der Waals surface area contributed by atoms with Crippen LogP contribution in [0, 0.1) is 0 Å². The van der Waals surface area contributed by atoms with Crippen LogP contribution in [-0.2, 0) is 38.4 Å². The Morgan fingerprint density at radius 1 is 0.600 bits per heavy atom. The van der Waals surface area contributed by atoms with Crippen molar-refractivity contribution in [2.24, 2.45) is 11.5 Å². The first-order chi connectivity index (χ1) is 21.5. The quantitative estimate of drug-likeness (QED) is 0.0353. The van der Waals surface area contributed by atoms with Crippen molar-refractivity contribution in [3.05, 3.63) is 0 Å². The third-order valence-corrected chi connectivity index (χ3v) is 7.70. The Morgan fingerprint density at radius 3 is 1.31 bits per heavy atom. The average Bonchev–Trinajstić information content (AvgIpc) is 2.99. The van der Waals surface area contributed by atoms with Crippen molar-refractivity contribution in [2.75, 3.05) is 37.1 Å². The summed E-state index contributed by atoms with van der Waals surface area (Å²) in [7, 11) is 0. The highest BCUT2D eigenvalue weighted by molar-refractivity contribution is 7.98. The minimum Gasteiger partial charge on any atom is -0.355 e. The summed E-state index contributed by atoms with van der Waals surface area (Å²) >= 11 is 2.91. The van der Waals surface area contributed by atoms with Crippen molar-refractivity contribution in [1.82, 2.24) is 31.9 Å². The van der Waals surface area contributed by atoms with Crippen LogP contribution in [0.4, 0.5) is 0 Å². The van der Waals surface area contributed by atoms with Gasteiger partial charge in [-0.2, -0.15) is 23.5 Å². The zero-order valence-electron chi connectivity index (χ0n) is 25.9. The molecule has 0 bridgehead atoms. The van der Waals surface area contributed by atoms with E-state index in [4.69, 9.17) is 11.5 Å². The number of thioether (sulfide) groups is 2. The van der Waals surface area contributed by atoms with Gasteiger partial charge in [0.1, 0.15) is 12.1 Å². The van der Waals surface area contributed by atoms with Gasteiger partial charge in [0.2, 0.25) is 48.3 Å². The van der Waals surface area contributed by atoms with Crippen LogP contribution in [0.15, 0.2) is 0 Å². The molecule has 8 amide bonds. The van der Waals surface area contributed by atoms with E-state index in [0.29, 0.717) is 50.3 Å². The number of rotatable bonds is 26. The van der Waals surface area contributed by atoms with Gasteiger partial charge in [0.25, 0.3) is 0 Å². The number of amides is 8. The van der Waals surface area contributed by atoms with Gasteiger partial charge in [0, 0.05) is 37.4 Å². The highest BCUT2D eigenvalue weighted by Gasteiger charge is 2.22. The minimum absolute atomic E-state index is 0.104. The molecule has 0 aliphatic carbocycles. The maximum Gasteiger partial charge on any atom is 0.248 e. The molecule has 0 fully saturated rings. The topological polar surface area (TPSA) is 261 Å². The number of unbranched alkanes of at least 4 members (excludes halogenated alkanes) is 2. The molecule has 0 aliphatic rings. The summed E-state index contributed by atoms with van der Waals surface area (Å²) in [5.41, 5.74) is 11.5. The Kier molecular flexibility index (Phi) is 24.2. The second-order valence-electron chi connectivity index (χ2n) is 10.0. The number of nitrogens with one attached hydrogen (secondary N) is 6. The van der Waals surface area contributed by atoms with Crippen molar-refractivity contribution in [3.8, 4) is 0 Å². The van der Waals surface area contributed by atoms with Gasteiger partial charge < -0.3 is 32.7 Å². The van der Waals surface area contributed by atoms with E-state index in [-0.39, 0.29) is 56.7 Å². The lowest BCUT2D eigenvalue weighted by atomic mass is 10.1. The molecule has 0 saturated carbocycles. The summed E-state index contributed by atoms with van der Waals surface area (Å²) in [5.74, 6) is -1.98. The summed E-state index contributed by atoms with van der Waals surface area (Å²) in [6.07, 6.45) is 6.37. The highest BCUT2D eigenvalue weighted by atomic mass is 32.2. The van der Waals surface area contributed by atoms with Crippen LogP contribution in [-0.4, -0.2) is 110 Å². The summed E-state index contributed by atoms with van der Waals surface area (Å²) in [6.45, 7) is 0.670. The zero-order valence-corrected chi connectivity index (χ0v) is 27.5. The van der Waals surface area contributed by atoms with E-state index in [0.717, 1.165) is 0 Å². The second-order valence-corrected chi connectivity index (χ2v) is 11.9. The molecule has 16 nitrogen and oxygen atoms in total. The van der Waals surface area contributed by atoms with Crippen LogP contribution in [0.25, 0.3) is 0 Å². The Bertz CT molecular complexity index is 901.